The Morgan fingerprint density at radius 2 is 2.00 bits per heavy atom. The second kappa shape index (κ2) is 6.64. The number of rotatable bonds is 2. The Labute approximate surface area is 96.6 Å². The Bertz CT molecular complexity index is 316. The number of aryl methyl sites for hydroxylation is 1. The summed E-state index contributed by atoms with van der Waals surface area (Å²) in [5, 5.41) is 0.592. The van der Waals surface area contributed by atoms with Crippen LogP contribution in [0.25, 0.3) is 0 Å². The molecule has 86 valence electrons. The fourth-order valence-corrected chi connectivity index (χ4v) is 1.46. The van der Waals surface area contributed by atoms with Crippen LogP contribution in [-0.2, 0) is 4.74 Å². The molecule has 0 radical (unpaired) electrons. The lowest BCUT2D eigenvalue weighted by Crippen LogP contribution is -2.04. The molecule has 0 aliphatic rings. The quantitative estimate of drug-likeness (QED) is 0.848. The number of methoxy groups -OCH3 is 1. The number of nitrogens with two attached hydrogens (primary N) is 1. The first-order valence-electron chi connectivity index (χ1n) is 5.01. The van der Waals surface area contributed by atoms with Crippen molar-refractivity contribution in [3.05, 3.63) is 22.5 Å². The van der Waals surface area contributed by atoms with Gasteiger partial charge >= 0.3 is 0 Å². The van der Waals surface area contributed by atoms with Gasteiger partial charge in [-0.05, 0) is 13.8 Å². The lowest BCUT2D eigenvalue weighted by atomic mass is 10.1. The van der Waals surface area contributed by atoms with E-state index in [1.807, 2.05) is 27.7 Å². The van der Waals surface area contributed by atoms with Crippen LogP contribution in [0.15, 0.2) is 6.20 Å². The molecule has 0 aromatic carbocycles. The summed E-state index contributed by atoms with van der Waals surface area (Å²) < 4.78 is 5.16. The number of nitrogens with zero attached hydrogens (tertiary/aromatic N) is 1. The maximum atomic E-state index is 6.05. The van der Waals surface area contributed by atoms with E-state index in [0.29, 0.717) is 10.7 Å². The van der Waals surface area contributed by atoms with Crippen LogP contribution in [0.2, 0.25) is 5.02 Å². The van der Waals surface area contributed by atoms with Crippen molar-refractivity contribution < 1.29 is 4.74 Å². The van der Waals surface area contributed by atoms with Crippen molar-refractivity contribution in [3.8, 4) is 0 Å². The molecular weight excluding hydrogens is 212 g/mol. The summed E-state index contributed by atoms with van der Waals surface area (Å²) in [5.74, 6) is 0. The lowest BCUT2D eigenvalue weighted by molar-refractivity contribution is 0.120. The summed E-state index contributed by atoms with van der Waals surface area (Å²) in [6.07, 6.45) is 1.50. The molecule has 1 heterocycles. The van der Waals surface area contributed by atoms with Crippen molar-refractivity contribution in [1.29, 1.82) is 0 Å². The number of anilines is 1. The summed E-state index contributed by atoms with van der Waals surface area (Å²) >= 11 is 6.05. The molecular formula is C11H19ClN2O. The molecule has 3 nitrogen and oxygen atoms in total. The first-order chi connectivity index (χ1) is 7.07. The third-order valence-electron chi connectivity index (χ3n) is 2.02. The van der Waals surface area contributed by atoms with Crippen LogP contribution < -0.4 is 5.73 Å². The Morgan fingerprint density at radius 3 is 2.47 bits per heavy atom. The fraction of sp³-hybridized carbons (Fsp3) is 0.545. The van der Waals surface area contributed by atoms with Gasteiger partial charge < -0.3 is 10.5 Å². The monoisotopic (exact) mass is 230 g/mol. The summed E-state index contributed by atoms with van der Waals surface area (Å²) in [5.41, 5.74) is 7.90. The Morgan fingerprint density at radius 1 is 1.47 bits per heavy atom. The highest BCUT2D eigenvalue weighted by Crippen LogP contribution is 2.31. The molecule has 1 atom stereocenters. The first kappa shape index (κ1) is 14.2. The van der Waals surface area contributed by atoms with Gasteiger partial charge in [0.05, 0.1) is 28.7 Å². The van der Waals surface area contributed by atoms with Gasteiger partial charge in [-0.2, -0.15) is 0 Å². The van der Waals surface area contributed by atoms with E-state index in [1.165, 1.54) is 0 Å². The molecule has 0 aliphatic heterocycles. The van der Waals surface area contributed by atoms with Gasteiger partial charge in [0.25, 0.3) is 0 Å². The van der Waals surface area contributed by atoms with Crippen molar-refractivity contribution in [2.24, 2.45) is 0 Å². The summed E-state index contributed by atoms with van der Waals surface area (Å²) in [7, 11) is 1.62. The molecule has 0 aliphatic carbocycles. The van der Waals surface area contributed by atoms with Crippen molar-refractivity contribution in [1.82, 2.24) is 4.98 Å². The van der Waals surface area contributed by atoms with Gasteiger partial charge in [-0.25, -0.2) is 0 Å². The van der Waals surface area contributed by atoms with Crippen LogP contribution >= 0.6 is 11.6 Å². The average Bonchev–Trinajstić information content (AvgIpc) is 2.26. The Hall–Kier alpha value is -0.800. The van der Waals surface area contributed by atoms with Crippen molar-refractivity contribution in [3.63, 3.8) is 0 Å². The molecule has 1 unspecified atom stereocenters. The van der Waals surface area contributed by atoms with Crippen molar-refractivity contribution in [2.45, 2.75) is 33.8 Å². The van der Waals surface area contributed by atoms with E-state index in [1.54, 1.807) is 13.3 Å². The van der Waals surface area contributed by atoms with Gasteiger partial charge in [-0.1, -0.05) is 25.4 Å². The maximum absolute atomic E-state index is 6.05. The maximum Gasteiger partial charge on any atom is 0.0828 e. The van der Waals surface area contributed by atoms with Gasteiger partial charge in [0.1, 0.15) is 0 Å². The second-order valence-corrected chi connectivity index (χ2v) is 3.28. The van der Waals surface area contributed by atoms with Crippen LogP contribution in [0.1, 0.15) is 38.1 Å². The summed E-state index contributed by atoms with van der Waals surface area (Å²) in [6, 6.07) is 0. The minimum Gasteiger partial charge on any atom is -0.397 e. The third-order valence-corrected chi connectivity index (χ3v) is 2.50. The minimum absolute atomic E-state index is 0.103. The van der Waals surface area contributed by atoms with E-state index in [4.69, 9.17) is 22.1 Å². The molecule has 1 aromatic rings. The number of aromatic nitrogens is 1. The molecule has 0 saturated carbocycles. The molecule has 0 amide bonds. The molecule has 0 bridgehead atoms. The zero-order valence-electron chi connectivity index (χ0n) is 9.97. The predicted molar refractivity (Wildman–Crippen MR) is 65.2 cm³/mol. The standard InChI is InChI=1S/C9H13ClN2O.C2H6/c1-5-9(10)8(6(2)13-3)7(11)4-12-5;1-2/h4,6H,11H2,1-3H3;1-2H3. The molecule has 0 saturated heterocycles. The van der Waals surface area contributed by atoms with Crippen molar-refractivity contribution >= 4 is 17.3 Å². The van der Waals surface area contributed by atoms with Crippen LogP contribution in [0.3, 0.4) is 0 Å². The molecule has 4 heteroatoms. The van der Waals surface area contributed by atoms with Gasteiger partial charge in [-0.15, -0.1) is 0 Å². The van der Waals surface area contributed by atoms with E-state index < -0.39 is 0 Å². The van der Waals surface area contributed by atoms with Crippen LogP contribution in [0, 0.1) is 6.92 Å². The lowest BCUT2D eigenvalue weighted by Gasteiger charge is -2.15. The van der Waals surface area contributed by atoms with Crippen LogP contribution in [0.5, 0.6) is 0 Å². The zero-order valence-corrected chi connectivity index (χ0v) is 10.7. The number of halogens is 1. The number of pyridine rings is 1. The number of ether oxygens (including phenoxy) is 1. The predicted octanol–water partition coefficient (Wildman–Crippen LogP) is 3.36. The molecule has 0 spiro atoms. The zero-order chi connectivity index (χ0) is 12.0. The highest BCUT2D eigenvalue weighted by Gasteiger charge is 2.14. The number of hydrogen-bond donors (Lipinski definition) is 1. The smallest absolute Gasteiger partial charge is 0.0828 e. The van der Waals surface area contributed by atoms with Gasteiger partial charge in [-0.3, -0.25) is 4.98 Å². The molecule has 15 heavy (non-hydrogen) atoms. The highest BCUT2D eigenvalue weighted by molar-refractivity contribution is 6.32. The third kappa shape index (κ3) is 3.36. The molecule has 0 fully saturated rings. The fourth-order valence-electron chi connectivity index (χ4n) is 1.15. The molecule has 1 aromatic heterocycles. The average molecular weight is 231 g/mol. The van der Waals surface area contributed by atoms with E-state index in [9.17, 15) is 0 Å². The summed E-state index contributed by atoms with van der Waals surface area (Å²) in [4.78, 5) is 4.04. The van der Waals surface area contributed by atoms with E-state index in [2.05, 4.69) is 4.98 Å². The normalized spacial score (nSPS) is 11.6. The van der Waals surface area contributed by atoms with Crippen molar-refractivity contribution in [2.75, 3.05) is 12.8 Å². The van der Waals surface area contributed by atoms with E-state index >= 15 is 0 Å². The van der Waals surface area contributed by atoms with Crippen LogP contribution in [0.4, 0.5) is 5.69 Å². The van der Waals surface area contributed by atoms with Gasteiger partial charge in [0.15, 0.2) is 0 Å². The summed E-state index contributed by atoms with van der Waals surface area (Å²) in [6.45, 7) is 7.74. The van der Waals surface area contributed by atoms with Gasteiger partial charge in [0, 0.05) is 12.7 Å². The minimum atomic E-state index is -0.103. The number of nitrogen functional groups attached to an aromatic ring is 1. The largest absolute Gasteiger partial charge is 0.397 e. The molecule has 1 rings (SSSR count). The topological polar surface area (TPSA) is 48.1 Å². The number of hydrogen-bond acceptors (Lipinski definition) is 3. The Kier molecular flexibility index (Phi) is 6.29. The van der Waals surface area contributed by atoms with E-state index in [-0.39, 0.29) is 6.10 Å². The van der Waals surface area contributed by atoms with Gasteiger partial charge in [0.2, 0.25) is 0 Å². The molecule has 2 N–H and O–H groups in total. The SMILES string of the molecule is CC.COC(C)c1c(N)cnc(C)c1Cl. The highest BCUT2D eigenvalue weighted by atomic mass is 35.5. The first-order valence-corrected chi connectivity index (χ1v) is 5.39. The van der Waals surface area contributed by atoms with E-state index in [0.717, 1.165) is 11.3 Å². The Balaban J connectivity index is 0.000000921. The second-order valence-electron chi connectivity index (χ2n) is 2.90. The van der Waals surface area contributed by atoms with Crippen LogP contribution in [-0.4, -0.2) is 12.1 Å².